The van der Waals surface area contributed by atoms with E-state index in [1.165, 1.54) is 0 Å². The average Bonchev–Trinajstić information content (AvgIpc) is 2.76. The van der Waals surface area contributed by atoms with Gasteiger partial charge in [-0.25, -0.2) is 13.1 Å². The third-order valence-corrected chi connectivity index (χ3v) is 5.70. The number of sulfonamides is 1. The van der Waals surface area contributed by atoms with Gasteiger partial charge < -0.3 is 4.74 Å². The molecular weight excluding hydrogens is 328 g/mol. The molecule has 20 heavy (non-hydrogen) atoms. The number of nitrogens with zero attached hydrogens (tertiary/aromatic N) is 1. The molecule has 0 amide bonds. The van der Waals surface area contributed by atoms with Gasteiger partial charge in [0.25, 0.3) is 5.69 Å². The number of thiophene rings is 1. The smallest absolute Gasteiger partial charge is 0.300 e. The average molecular weight is 343 g/mol. The van der Waals surface area contributed by atoms with Crippen molar-refractivity contribution in [2.75, 3.05) is 20.3 Å². The van der Waals surface area contributed by atoms with Crippen molar-refractivity contribution in [2.24, 2.45) is 0 Å². The van der Waals surface area contributed by atoms with Gasteiger partial charge in [0.15, 0.2) is 4.34 Å². The summed E-state index contributed by atoms with van der Waals surface area (Å²) in [4.78, 5) is 9.92. The van der Waals surface area contributed by atoms with E-state index in [2.05, 4.69) is 4.72 Å². The molecule has 0 unspecified atom stereocenters. The summed E-state index contributed by atoms with van der Waals surface area (Å²) < 4.78 is 30.8. The van der Waals surface area contributed by atoms with Crippen LogP contribution in [0.25, 0.3) is 0 Å². The van der Waals surface area contributed by atoms with E-state index in [1.54, 1.807) is 7.11 Å². The Labute approximate surface area is 126 Å². The fraction of sp³-hybridized carbons (Fsp3) is 0.600. The summed E-state index contributed by atoms with van der Waals surface area (Å²) in [6, 6.07) is 0.972. The Balaban J connectivity index is 2.56. The molecule has 0 aliphatic rings. The molecule has 1 rings (SSSR count). The first-order valence-corrected chi connectivity index (χ1v) is 8.48. The van der Waals surface area contributed by atoms with Crippen molar-refractivity contribution in [3.8, 4) is 0 Å². The van der Waals surface area contributed by atoms with Crippen molar-refractivity contribution < 1.29 is 18.1 Å². The summed E-state index contributed by atoms with van der Waals surface area (Å²) in [5.74, 6) is 0. The van der Waals surface area contributed by atoms with Crippen molar-refractivity contribution in [3.05, 3.63) is 20.5 Å². The Morgan fingerprint density at radius 3 is 2.70 bits per heavy atom. The first kappa shape index (κ1) is 17.3. The zero-order valence-electron chi connectivity index (χ0n) is 10.8. The molecule has 1 N–H and O–H groups in total. The van der Waals surface area contributed by atoms with Crippen LogP contribution in [0.1, 0.15) is 19.3 Å². The summed E-state index contributed by atoms with van der Waals surface area (Å²) >= 11 is 6.31. The summed E-state index contributed by atoms with van der Waals surface area (Å²) in [5.41, 5.74) is -0.392. The third kappa shape index (κ3) is 4.98. The highest BCUT2D eigenvalue weighted by molar-refractivity contribution is 7.91. The highest BCUT2D eigenvalue weighted by Gasteiger charge is 2.24. The van der Waals surface area contributed by atoms with Gasteiger partial charge in [-0.15, -0.1) is 11.3 Å². The van der Waals surface area contributed by atoms with Crippen LogP contribution in [0.15, 0.2) is 10.3 Å². The largest absolute Gasteiger partial charge is 0.385 e. The fourth-order valence-electron chi connectivity index (χ4n) is 1.42. The lowest BCUT2D eigenvalue weighted by Gasteiger charge is -2.04. The molecule has 0 bridgehead atoms. The number of unbranched alkanes of at least 4 members (excludes halogenated alkanes) is 2. The molecule has 0 atom stereocenters. The third-order valence-electron chi connectivity index (χ3n) is 2.43. The zero-order chi connectivity index (χ0) is 15.2. The van der Waals surface area contributed by atoms with E-state index in [4.69, 9.17) is 16.3 Å². The van der Waals surface area contributed by atoms with Gasteiger partial charge in [-0.3, -0.25) is 10.1 Å². The van der Waals surface area contributed by atoms with Gasteiger partial charge in [0.2, 0.25) is 10.0 Å². The number of nitro groups is 1. The van der Waals surface area contributed by atoms with E-state index in [9.17, 15) is 18.5 Å². The molecule has 0 radical (unpaired) electrons. The van der Waals surface area contributed by atoms with Crippen LogP contribution in [0.3, 0.4) is 0 Å². The Hall–Kier alpha value is -0.740. The second kappa shape index (κ2) is 7.89. The van der Waals surface area contributed by atoms with Crippen LogP contribution in [-0.2, 0) is 14.8 Å². The lowest BCUT2D eigenvalue weighted by Crippen LogP contribution is -2.24. The predicted octanol–water partition coefficient (Wildman–Crippen LogP) is 2.40. The van der Waals surface area contributed by atoms with Gasteiger partial charge in [-0.2, -0.15) is 0 Å². The summed E-state index contributed by atoms with van der Waals surface area (Å²) in [6.07, 6.45) is 2.36. The minimum atomic E-state index is -3.74. The van der Waals surface area contributed by atoms with Crippen LogP contribution in [0.4, 0.5) is 5.69 Å². The lowest BCUT2D eigenvalue weighted by atomic mass is 10.2. The molecule has 1 aromatic heterocycles. The molecule has 1 heterocycles. The van der Waals surface area contributed by atoms with Crippen LogP contribution in [-0.4, -0.2) is 33.6 Å². The van der Waals surface area contributed by atoms with Gasteiger partial charge >= 0.3 is 0 Å². The molecule has 0 saturated carbocycles. The second-order valence-corrected chi connectivity index (χ2v) is 7.58. The first-order valence-electron chi connectivity index (χ1n) is 5.81. The number of hydrogen-bond acceptors (Lipinski definition) is 6. The van der Waals surface area contributed by atoms with Gasteiger partial charge in [-0.1, -0.05) is 11.6 Å². The van der Waals surface area contributed by atoms with E-state index >= 15 is 0 Å². The summed E-state index contributed by atoms with van der Waals surface area (Å²) in [6.45, 7) is 0.912. The number of rotatable bonds is 9. The Morgan fingerprint density at radius 2 is 2.15 bits per heavy atom. The first-order chi connectivity index (χ1) is 9.38. The van der Waals surface area contributed by atoms with Gasteiger partial charge in [0.1, 0.15) is 4.21 Å². The molecule has 7 nitrogen and oxygen atoms in total. The zero-order valence-corrected chi connectivity index (χ0v) is 13.2. The van der Waals surface area contributed by atoms with Gasteiger partial charge in [0, 0.05) is 26.3 Å². The number of nitrogens with one attached hydrogen (secondary N) is 1. The maximum Gasteiger partial charge on any atom is 0.300 e. The number of methoxy groups -OCH3 is 1. The highest BCUT2D eigenvalue weighted by atomic mass is 35.5. The molecule has 0 fully saturated rings. The SMILES string of the molecule is COCCCCCNS(=O)(=O)c1cc([N+](=O)[O-])c(Cl)s1. The van der Waals surface area contributed by atoms with Gasteiger partial charge in [-0.05, 0) is 19.3 Å². The number of halogens is 1. The number of hydrogen-bond donors (Lipinski definition) is 1. The minimum Gasteiger partial charge on any atom is -0.385 e. The molecule has 10 heteroatoms. The molecule has 0 aliphatic heterocycles. The van der Waals surface area contributed by atoms with E-state index in [-0.39, 0.29) is 15.1 Å². The lowest BCUT2D eigenvalue weighted by molar-refractivity contribution is -0.384. The van der Waals surface area contributed by atoms with Crippen LogP contribution >= 0.6 is 22.9 Å². The van der Waals surface area contributed by atoms with Crippen molar-refractivity contribution in [2.45, 2.75) is 23.5 Å². The maximum atomic E-state index is 11.9. The topological polar surface area (TPSA) is 98.5 Å². The van der Waals surface area contributed by atoms with Crippen LogP contribution in [0.2, 0.25) is 4.34 Å². The molecule has 114 valence electrons. The van der Waals surface area contributed by atoms with Crippen molar-refractivity contribution in [1.82, 2.24) is 4.72 Å². The van der Waals surface area contributed by atoms with E-state index < -0.39 is 20.6 Å². The maximum absolute atomic E-state index is 11.9. The summed E-state index contributed by atoms with van der Waals surface area (Å²) in [5, 5.41) is 10.6. The van der Waals surface area contributed by atoms with Gasteiger partial charge in [0.05, 0.1) is 4.92 Å². The quantitative estimate of drug-likeness (QED) is 0.422. The molecule has 0 saturated heterocycles. The van der Waals surface area contributed by atoms with Crippen molar-refractivity contribution >= 4 is 38.6 Å². The second-order valence-electron chi connectivity index (χ2n) is 3.93. The standard InChI is InChI=1S/C10H15ClN2O5S2/c1-18-6-4-2-3-5-12-20(16,17)9-7-8(13(14)15)10(11)19-9/h7,12H,2-6H2,1H3. The Morgan fingerprint density at radius 1 is 1.45 bits per heavy atom. The van der Waals surface area contributed by atoms with Crippen molar-refractivity contribution in [1.29, 1.82) is 0 Å². The van der Waals surface area contributed by atoms with E-state index in [1.807, 2.05) is 0 Å². The number of ether oxygens (including phenoxy) is 1. The Bertz CT molecular complexity index is 558. The van der Waals surface area contributed by atoms with Crippen LogP contribution < -0.4 is 4.72 Å². The molecule has 0 aliphatic carbocycles. The molecule has 0 aromatic carbocycles. The molecular formula is C10H15ClN2O5S2. The summed E-state index contributed by atoms with van der Waals surface area (Å²) in [7, 11) is -2.13. The monoisotopic (exact) mass is 342 g/mol. The molecule has 0 spiro atoms. The molecule has 1 aromatic rings. The van der Waals surface area contributed by atoms with Crippen molar-refractivity contribution in [3.63, 3.8) is 0 Å². The normalized spacial score (nSPS) is 11.7. The fourth-order valence-corrected chi connectivity index (χ4v) is 4.20. The van der Waals surface area contributed by atoms with E-state index in [0.717, 1.165) is 18.9 Å². The Kier molecular flexibility index (Phi) is 6.83. The van der Waals surface area contributed by atoms with E-state index in [0.29, 0.717) is 24.4 Å². The highest BCUT2D eigenvalue weighted by Crippen LogP contribution is 2.35. The van der Waals surface area contributed by atoms with Crippen LogP contribution in [0, 0.1) is 10.1 Å². The minimum absolute atomic E-state index is 0.143. The predicted molar refractivity (Wildman–Crippen MR) is 76.9 cm³/mol. The van der Waals surface area contributed by atoms with Crippen LogP contribution in [0.5, 0.6) is 0 Å².